The van der Waals surface area contributed by atoms with Crippen LogP contribution >= 0.6 is 0 Å². The second-order valence-electron chi connectivity index (χ2n) is 6.40. The van der Waals surface area contributed by atoms with Crippen LogP contribution in [0.25, 0.3) is 0 Å². The lowest BCUT2D eigenvalue weighted by Gasteiger charge is -2.40. The van der Waals surface area contributed by atoms with Gasteiger partial charge in [-0.1, -0.05) is 13.8 Å². The van der Waals surface area contributed by atoms with Crippen molar-refractivity contribution in [1.82, 2.24) is 0 Å². The van der Waals surface area contributed by atoms with Crippen LogP contribution in [0, 0.1) is 5.92 Å². The summed E-state index contributed by atoms with van der Waals surface area (Å²) >= 11 is 0. The molecular weight excluding hydrogens is 309 g/mol. The standard InChI is InChI=1S/C16H21F3N2O2/c1-10(2)7-8-15(16(17,18)19)12-9-11(21(3)4)5-6-13(12)20-14(22)23-15/h5-6,9-10H,7-8H2,1-4H3,(H,20,22). The maximum Gasteiger partial charge on any atom is 0.432 e. The largest absolute Gasteiger partial charge is 0.432 e. The van der Waals surface area contributed by atoms with Gasteiger partial charge in [-0.2, -0.15) is 13.2 Å². The number of cyclic esters (lactones) is 1. The quantitative estimate of drug-likeness (QED) is 0.883. The number of rotatable bonds is 4. The summed E-state index contributed by atoms with van der Waals surface area (Å²) in [7, 11) is 3.49. The van der Waals surface area contributed by atoms with E-state index in [1.807, 2.05) is 13.8 Å². The Morgan fingerprint density at radius 1 is 1.30 bits per heavy atom. The normalized spacial score (nSPS) is 20.8. The zero-order valence-electron chi connectivity index (χ0n) is 13.6. The van der Waals surface area contributed by atoms with Gasteiger partial charge in [0.25, 0.3) is 0 Å². The average Bonchev–Trinajstić information content (AvgIpc) is 2.42. The lowest BCUT2D eigenvalue weighted by Crippen LogP contribution is -2.50. The molecule has 23 heavy (non-hydrogen) atoms. The Labute approximate surface area is 133 Å². The molecule has 0 saturated heterocycles. The summed E-state index contributed by atoms with van der Waals surface area (Å²) in [5.41, 5.74) is -1.90. The molecule has 1 aliphatic rings. The predicted molar refractivity (Wildman–Crippen MR) is 82.7 cm³/mol. The van der Waals surface area contributed by atoms with E-state index in [9.17, 15) is 18.0 Å². The fraction of sp³-hybridized carbons (Fsp3) is 0.562. The van der Waals surface area contributed by atoms with Crippen molar-refractivity contribution in [2.24, 2.45) is 5.92 Å². The minimum Gasteiger partial charge on any atom is -0.428 e. The highest BCUT2D eigenvalue weighted by Crippen LogP contribution is 2.51. The number of alkyl halides is 3. The van der Waals surface area contributed by atoms with Gasteiger partial charge in [0.05, 0.1) is 5.69 Å². The number of carbonyl (C=O) groups excluding carboxylic acids is 1. The van der Waals surface area contributed by atoms with E-state index < -0.39 is 17.9 Å². The summed E-state index contributed by atoms with van der Waals surface area (Å²) in [6.07, 6.45) is -5.78. The molecule has 0 saturated carbocycles. The fourth-order valence-corrected chi connectivity index (χ4v) is 2.63. The number of hydrogen-bond acceptors (Lipinski definition) is 3. The van der Waals surface area contributed by atoms with Crippen LogP contribution in [-0.2, 0) is 10.3 Å². The summed E-state index contributed by atoms with van der Waals surface area (Å²) in [6, 6.07) is 4.58. The van der Waals surface area contributed by atoms with Crippen LogP contribution < -0.4 is 10.2 Å². The number of halogens is 3. The van der Waals surface area contributed by atoms with Crippen molar-refractivity contribution in [1.29, 1.82) is 0 Å². The van der Waals surface area contributed by atoms with Crippen LogP contribution in [0.15, 0.2) is 18.2 Å². The van der Waals surface area contributed by atoms with Gasteiger partial charge in [0, 0.05) is 31.8 Å². The van der Waals surface area contributed by atoms with Gasteiger partial charge in [0.1, 0.15) is 0 Å². The van der Waals surface area contributed by atoms with Gasteiger partial charge in [-0.05, 0) is 30.5 Å². The third-order valence-corrected chi connectivity index (χ3v) is 3.99. The first-order valence-electron chi connectivity index (χ1n) is 7.45. The van der Waals surface area contributed by atoms with Crippen molar-refractivity contribution >= 4 is 17.5 Å². The number of benzene rings is 1. The van der Waals surface area contributed by atoms with Crippen molar-refractivity contribution < 1.29 is 22.7 Å². The molecule has 1 atom stereocenters. The van der Waals surface area contributed by atoms with Crippen LogP contribution in [0.5, 0.6) is 0 Å². The van der Waals surface area contributed by atoms with Crippen molar-refractivity contribution in [3.05, 3.63) is 23.8 Å². The summed E-state index contributed by atoms with van der Waals surface area (Å²) in [6.45, 7) is 3.67. The molecule has 0 spiro atoms. The Kier molecular flexibility index (Phi) is 4.50. The number of nitrogens with zero attached hydrogens (tertiary/aromatic N) is 1. The first-order chi connectivity index (χ1) is 10.6. The molecule has 0 aromatic heterocycles. The molecule has 128 valence electrons. The number of ether oxygens (including phenoxy) is 1. The van der Waals surface area contributed by atoms with Gasteiger partial charge in [0.15, 0.2) is 0 Å². The van der Waals surface area contributed by atoms with E-state index in [0.717, 1.165) is 0 Å². The van der Waals surface area contributed by atoms with Gasteiger partial charge in [-0.15, -0.1) is 0 Å². The van der Waals surface area contributed by atoms with Crippen molar-refractivity contribution in [3.8, 4) is 0 Å². The molecule has 0 fully saturated rings. The number of carbonyl (C=O) groups is 1. The van der Waals surface area contributed by atoms with Gasteiger partial charge >= 0.3 is 12.3 Å². The first kappa shape index (κ1) is 17.4. The molecule has 1 aromatic rings. The van der Waals surface area contributed by atoms with Crippen LogP contribution in [0.2, 0.25) is 0 Å². The highest BCUT2D eigenvalue weighted by atomic mass is 19.4. The molecule has 1 aliphatic heterocycles. The molecule has 0 radical (unpaired) electrons. The van der Waals surface area contributed by atoms with Gasteiger partial charge in [-0.3, -0.25) is 5.32 Å². The lowest BCUT2D eigenvalue weighted by atomic mass is 9.83. The molecule has 1 amide bonds. The van der Waals surface area contributed by atoms with Crippen molar-refractivity contribution in [2.45, 2.75) is 38.5 Å². The summed E-state index contributed by atoms with van der Waals surface area (Å²) < 4.78 is 46.6. The molecule has 1 aromatic carbocycles. The van der Waals surface area contributed by atoms with Crippen molar-refractivity contribution in [2.75, 3.05) is 24.3 Å². The number of amides is 1. The smallest absolute Gasteiger partial charge is 0.428 e. The highest BCUT2D eigenvalue weighted by Gasteiger charge is 2.61. The van der Waals surface area contributed by atoms with E-state index in [0.29, 0.717) is 12.1 Å². The molecule has 2 rings (SSSR count). The van der Waals surface area contributed by atoms with Gasteiger partial charge in [-0.25, -0.2) is 4.79 Å². The first-order valence-corrected chi connectivity index (χ1v) is 7.45. The van der Waals surface area contributed by atoms with E-state index in [4.69, 9.17) is 4.74 Å². The van der Waals surface area contributed by atoms with E-state index in [2.05, 4.69) is 5.32 Å². The minimum atomic E-state index is -4.70. The van der Waals surface area contributed by atoms with Crippen LogP contribution in [0.1, 0.15) is 32.3 Å². The third-order valence-electron chi connectivity index (χ3n) is 3.99. The monoisotopic (exact) mass is 330 g/mol. The Bertz CT molecular complexity index is 599. The van der Waals surface area contributed by atoms with Crippen LogP contribution in [-0.4, -0.2) is 26.4 Å². The van der Waals surface area contributed by atoms with E-state index in [1.54, 1.807) is 25.1 Å². The van der Waals surface area contributed by atoms with E-state index in [-0.39, 0.29) is 23.6 Å². The maximum absolute atomic E-state index is 13.9. The van der Waals surface area contributed by atoms with Crippen molar-refractivity contribution in [3.63, 3.8) is 0 Å². The molecule has 1 N–H and O–H groups in total. The predicted octanol–water partition coefficient (Wildman–Crippen LogP) is 4.51. The number of hydrogen-bond donors (Lipinski definition) is 1. The molecule has 1 heterocycles. The van der Waals surface area contributed by atoms with E-state index >= 15 is 0 Å². The minimum absolute atomic E-state index is 0.0450. The number of fused-ring (bicyclic) bond motifs is 1. The SMILES string of the molecule is CC(C)CCC1(C(F)(F)F)OC(=O)Nc2ccc(N(C)C)cc21. The fourth-order valence-electron chi connectivity index (χ4n) is 2.63. The Morgan fingerprint density at radius 2 is 1.96 bits per heavy atom. The number of anilines is 2. The molecule has 7 heteroatoms. The summed E-state index contributed by atoms with van der Waals surface area (Å²) in [5, 5.41) is 2.36. The zero-order valence-corrected chi connectivity index (χ0v) is 13.6. The topological polar surface area (TPSA) is 41.6 Å². The zero-order chi connectivity index (χ0) is 17.4. The second kappa shape index (κ2) is 5.94. The number of nitrogens with one attached hydrogen (secondary N) is 1. The Balaban J connectivity index is 2.62. The third kappa shape index (κ3) is 3.23. The Morgan fingerprint density at radius 3 is 2.48 bits per heavy atom. The van der Waals surface area contributed by atoms with Crippen LogP contribution in [0.3, 0.4) is 0 Å². The molecule has 0 aliphatic carbocycles. The molecular formula is C16H21F3N2O2. The Hall–Kier alpha value is -1.92. The average molecular weight is 330 g/mol. The molecule has 1 unspecified atom stereocenters. The molecule has 4 nitrogen and oxygen atoms in total. The maximum atomic E-state index is 13.9. The highest BCUT2D eigenvalue weighted by molar-refractivity contribution is 5.89. The van der Waals surface area contributed by atoms with Gasteiger partial charge in [0.2, 0.25) is 5.60 Å². The lowest BCUT2D eigenvalue weighted by molar-refractivity contribution is -0.268. The molecule has 0 bridgehead atoms. The van der Waals surface area contributed by atoms with E-state index in [1.165, 1.54) is 12.1 Å². The summed E-state index contributed by atoms with van der Waals surface area (Å²) in [4.78, 5) is 13.4. The summed E-state index contributed by atoms with van der Waals surface area (Å²) in [5.74, 6) is 0.0586. The second-order valence-corrected chi connectivity index (χ2v) is 6.40. The van der Waals surface area contributed by atoms with Crippen LogP contribution in [0.4, 0.5) is 29.3 Å². The van der Waals surface area contributed by atoms with Gasteiger partial charge < -0.3 is 9.64 Å².